The highest BCUT2D eigenvalue weighted by molar-refractivity contribution is 7.09. The Hall–Kier alpha value is -2.74. The number of nitro groups is 1. The zero-order chi connectivity index (χ0) is 16.7. The lowest BCUT2D eigenvalue weighted by molar-refractivity contribution is -0.385. The molecule has 7 nitrogen and oxygen atoms in total. The predicted molar refractivity (Wildman–Crippen MR) is 91.6 cm³/mol. The minimum absolute atomic E-state index is 0.173. The van der Waals surface area contributed by atoms with E-state index in [-0.39, 0.29) is 11.9 Å². The Labute approximate surface area is 141 Å². The monoisotopic (exact) mass is 342 g/mol. The zero-order valence-electron chi connectivity index (χ0n) is 12.7. The van der Waals surface area contributed by atoms with Gasteiger partial charge < -0.3 is 4.90 Å². The van der Waals surface area contributed by atoms with E-state index in [0.29, 0.717) is 12.2 Å². The van der Waals surface area contributed by atoms with Crippen molar-refractivity contribution in [3.63, 3.8) is 0 Å². The Morgan fingerprint density at radius 3 is 2.83 bits per heavy atom. The molecule has 1 saturated carbocycles. The van der Waals surface area contributed by atoms with Gasteiger partial charge in [-0.1, -0.05) is 12.1 Å². The maximum absolute atomic E-state index is 12.6. The summed E-state index contributed by atoms with van der Waals surface area (Å²) in [5, 5.41) is 13.5. The van der Waals surface area contributed by atoms with Gasteiger partial charge in [0.15, 0.2) is 0 Å². The van der Waals surface area contributed by atoms with E-state index < -0.39 is 16.2 Å². The molecular formula is C16H14N4O3S. The van der Waals surface area contributed by atoms with Crippen LogP contribution in [0.4, 0.5) is 11.5 Å². The third-order valence-electron chi connectivity index (χ3n) is 4.04. The third-order valence-corrected chi connectivity index (χ3v) is 4.90. The van der Waals surface area contributed by atoms with Crippen molar-refractivity contribution < 1.29 is 4.92 Å². The Morgan fingerprint density at radius 2 is 2.17 bits per heavy atom. The maximum Gasteiger partial charge on any atom is 0.376 e. The van der Waals surface area contributed by atoms with Crippen molar-refractivity contribution in [3.05, 3.63) is 67.3 Å². The van der Waals surface area contributed by atoms with E-state index in [1.807, 2.05) is 22.4 Å². The van der Waals surface area contributed by atoms with Crippen molar-refractivity contribution in [3.8, 4) is 0 Å². The topological polar surface area (TPSA) is 80.8 Å². The SMILES string of the molecule is O=c1c([N+](=O)[O-])c(N(Cc2cccs2)C2CC2)nc2ccccn12. The summed E-state index contributed by atoms with van der Waals surface area (Å²) in [5.74, 6) is 0.173. The Bertz CT molecular complexity index is 963. The van der Waals surface area contributed by atoms with Gasteiger partial charge in [0.1, 0.15) is 5.65 Å². The summed E-state index contributed by atoms with van der Waals surface area (Å²) in [5.41, 5.74) is -0.681. The van der Waals surface area contributed by atoms with Crippen LogP contribution in [0.25, 0.3) is 5.65 Å². The number of fused-ring (bicyclic) bond motifs is 1. The summed E-state index contributed by atoms with van der Waals surface area (Å²) in [7, 11) is 0. The minimum Gasteiger partial charge on any atom is -0.343 e. The molecule has 3 aromatic heterocycles. The van der Waals surface area contributed by atoms with Gasteiger partial charge in [-0.25, -0.2) is 4.98 Å². The minimum atomic E-state index is -0.641. The van der Waals surface area contributed by atoms with E-state index in [9.17, 15) is 14.9 Å². The molecule has 3 heterocycles. The second-order valence-corrected chi connectivity index (χ2v) is 6.75. The molecule has 0 amide bonds. The van der Waals surface area contributed by atoms with Gasteiger partial charge in [-0.15, -0.1) is 11.3 Å². The first-order valence-electron chi connectivity index (χ1n) is 7.60. The van der Waals surface area contributed by atoms with Crippen LogP contribution in [0.3, 0.4) is 0 Å². The van der Waals surface area contributed by atoms with Crippen LogP contribution in [0.5, 0.6) is 0 Å². The Balaban J connectivity index is 1.91. The Kier molecular flexibility index (Phi) is 3.53. The third kappa shape index (κ3) is 2.54. The molecular weight excluding hydrogens is 328 g/mol. The molecule has 0 atom stereocenters. The summed E-state index contributed by atoms with van der Waals surface area (Å²) in [6.07, 6.45) is 3.42. The van der Waals surface area contributed by atoms with Crippen LogP contribution in [0, 0.1) is 10.1 Å². The average molecular weight is 342 g/mol. The van der Waals surface area contributed by atoms with E-state index in [2.05, 4.69) is 4.98 Å². The van der Waals surface area contributed by atoms with Crippen molar-refractivity contribution in [2.24, 2.45) is 0 Å². The van der Waals surface area contributed by atoms with E-state index in [1.54, 1.807) is 29.5 Å². The maximum atomic E-state index is 12.6. The molecule has 0 aromatic carbocycles. The number of thiophene rings is 1. The van der Waals surface area contributed by atoms with Crippen molar-refractivity contribution in [1.29, 1.82) is 0 Å². The number of hydrogen-bond acceptors (Lipinski definition) is 6. The number of aromatic nitrogens is 2. The average Bonchev–Trinajstić information content (AvgIpc) is 3.28. The van der Waals surface area contributed by atoms with Gasteiger partial charge in [0.25, 0.3) is 0 Å². The molecule has 122 valence electrons. The first-order chi connectivity index (χ1) is 11.6. The number of hydrogen-bond donors (Lipinski definition) is 0. The van der Waals surface area contributed by atoms with Crippen LogP contribution in [0.15, 0.2) is 46.7 Å². The van der Waals surface area contributed by atoms with Gasteiger partial charge in [-0.05, 0) is 36.4 Å². The predicted octanol–water partition coefficient (Wildman–Crippen LogP) is 2.83. The van der Waals surface area contributed by atoms with Crippen molar-refractivity contribution >= 4 is 28.5 Å². The van der Waals surface area contributed by atoms with Crippen LogP contribution in [0.1, 0.15) is 17.7 Å². The fraction of sp³-hybridized carbons (Fsp3) is 0.250. The smallest absolute Gasteiger partial charge is 0.343 e. The second-order valence-electron chi connectivity index (χ2n) is 5.71. The van der Waals surface area contributed by atoms with Gasteiger partial charge in [-0.2, -0.15) is 0 Å². The van der Waals surface area contributed by atoms with Crippen LogP contribution in [0.2, 0.25) is 0 Å². The van der Waals surface area contributed by atoms with Crippen LogP contribution >= 0.6 is 11.3 Å². The lowest BCUT2D eigenvalue weighted by Crippen LogP contribution is -2.30. The summed E-state index contributed by atoms with van der Waals surface area (Å²) >= 11 is 1.59. The summed E-state index contributed by atoms with van der Waals surface area (Å²) in [6, 6.07) is 9.23. The van der Waals surface area contributed by atoms with Crippen molar-refractivity contribution in [2.75, 3.05) is 4.90 Å². The number of pyridine rings is 1. The first kappa shape index (κ1) is 14.8. The zero-order valence-corrected chi connectivity index (χ0v) is 13.5. The quantitative estimate of drug-likeness (QED) is 0.526. The number of rotatable bonds is 5. The standard InChI is InChI=1S/C16H14N4O3S/c21-16-14(20(22)23)15(17-13-5-1-2-8-18(13)16)19(11-6-7-11)10-12-4-3-9-24-12/h1-5,8-9,11H,6-7,10H2. The highest BCUT2D eigenvalue weighted by Crippen LogP contribution is 2.36. The van der Waals surface area contributed by atoms with Gasteiger partial charge in [-0.3, -0.25) is 19.3 Å². The lowest BCUT2D eigenvalue weighted by Gasteiger charge is -2.22. The normalized spacial score (nSPS) is 14.0. The molecule has 24 heavy (non-hydrogen) atoms. The molecule has 0 radical (unpaired) electrons. The van der Waals surface area contributed by atoms with Crippen molar-refractivity contribution in [2.45, 2.75) is 25.4 Å². The number of anilines is 1. The van der Waals surface area contributed by atoms with Gasteiger partial charge in [0.05, 0.1) is 11.5 Å². The molecule has 0 aliphatic heterocycles. The van der Waals surface area contributed by atoms with E-state index in [0.717, 1.165) is 17.7 Å². The first-order valence-corrected chi connectivity index (χ1v) is 8.48. The summed E-state index contributed by atoms with van der Waals surface area (Å²) in [6.45, 7) is 0.526. The molecule has 0 spiro atoms. The molecule has 1 aliphatic carbocycles. The molecule has 8 heteroatoms. The van der Waals surface area contributed by atoms with E-state index >= 15 is 0 Å². The molecule has 1 fully saturated rings. The lowest BCUT2D eigenvalue weighted by atomic mass is 10.3. The fourth-order valence-electron chi connectivity index (χ4n) is 2.76. The largest absolute Gasteiger partial charge is 0.376 e. The highest BCUT2D eigenvalue weighted by atomic mass is 32.1. The summed E-state index contributed by atoms with van der Waals surface area (Å²) in [4.78, 5) is 31.0. The number of nitrogens with zero attached hydrogens (tertiary/aromatic N) is 4. The molecule has 0 saturated heterocycles. The molecule has 4 rings (SSSR count). The van der Waals surface area contributed by atoms with E-state index in [1.165, 1.54) is 10.6 Å². The Morgan fingerprint density at radius 1 is 1.33 bits per heavy atom. The summed E-state index contributed by atoms with van der Waals surface area (Å²) < 4.78 is 1.22. The van der Waals surface area contributed by atoms with E-state index in [4.69, 9.17) is 0 Å². The van der Waals surface area contributed by atoms with Crippen LogP contribution < -0.4 is 10.5 Å². The second kappa shape index (κ2) is 5.72. The van der Waals surface area contributed by atoms with Gasteiger partial charge in [0, 0.05) is 17.1 Å². The van der Waals surface area contributed by atoms with Gasteiger partial charge >= 0.3 is 11.2 Å². The van der Waals surface area contributed by atoms with Crippen LogP contribution in [-0.4, -0.2) is 20.3 Å². The highest BCUT2D eigenvalue weighted by Gasteiger charge is 2.36. The fourth-order valence-corrected chi connectivity index (χ4v) is 3.46. The van der Waals surface area contributed by atoms with Crippen molar-refractivity contribution in [1.82, 2.24) is 9.38 Å². The van der Waals surface area contributed by atoms with Crippen LogP contribution in [-0.2, 0) is 6.54 Å². The van der Waals surface area contributed by atoms with Gasteiger partial charge in [0.2, 0.25) is 5.82 Å². The molecule has 0 bridgehead atoms. The molecule has 0 unspecified atom stereocenters. The molecule has 0 N–H and O–H groups in total. The molecule has 3 aromatic rings. The molecule has 1 aliphatic rings.